The molecule has 4 rings (SSSR count). The minimum Gasteiger partial charge on any atom is -0.382 e. The van der Waals surface area contributed by atoms with Gasteiger partial charge in [0.2, 0.25) is 0 Å². The molecule has 4 aliphatic rings. The van der Waals surface area contributed by atoms with Crippen molar-refractivity contribution < 1.29 is 28.4 Å². The second-order valence-corrected chi connectivity index (χ2v) is 14.2. The first-order valence-corrected chi connectivity index (χ1v) is 16.4. The molecule has 0 radical (unpaired) electrons. The summed E-state index contributed by atoms with van der Waals surface area (Å²) in [7, 11) is 3.41. The fourth-order valence-electron chi connectivity index (χ4n) is 9.71. The largest absolute Gasteiger partial charge is 0.382 e. The number of allylic oxidation sites excluding steroid dienone is 4. The summed E-state index contributed by atoms with van der Waals surface area (Å²) in [5.74, 6) is 4.15. The predicted molar refractivity (Wildman–Crippen MR) is 163 cm³/mol. The number of ether oxygens (including phenoxy) is 6. The summed E-state index contributed by atoms with van der Waals surface area (Å²) in [4.78, 5) is 0. The van der Waals surface area contributed by atoms with Crippen molar-refractivity contribution in [2.75, 3.05) is 54.2 Å². The molecule has 0 N–H and O–H groups in total. The first-order chi connectivity index (χ1) is 19.7. The van der Waals surface area contributed by atoms with E-state index in [1.165, 1.54) is 37.7 Å². The van der Waals surface area contributed by atoms with Crippen LogP contribution in [0.3, 0.4) is 0 Å². The third kappa shape index (κ3) is 7.67. The number of hydrogen-bond donors (Lipinski definition) is 0. The zero-order chi connectivity index (χ0) is 29.5. The Kier molecular flexibility index (Phi) is 12.4. The summed E-state index contributed by atoms with van der Waals surface area (Å²) in [6.45, 7) is 15.1. The van der Waals surface area contributed by atoms with Gasteiger partial charge in [-0.1, -0.05) is 44.6 Å². The molecule has 6 heteroatoms. The van der Waals surface area contributed by atoms with Crippen LogP contribution in [0.2, 0.25) is 0 Å². The molecule has 0 aromatic heterocycles. The van der Waals surface area contributed by atoms with Crippen LogP contribution in [0, 0.1) is 46.3 Å². The summed E-state index contributed by atoms with van der Waals surface area (Å²) < 4.78 is 34.7. The van der Waals surface area contributed by atoms with Gasteiger partial charge in [-0.25, -0.2) is 0 Å². The van der Waals surface area contributed by atoms with E-state index in [9.17, 15) is 0 Å². The molecule has 0 aromatic carbocycles. The fourth-order valence-corrected chi connectivity index (χ4v) is 9.71. The number of rotatable bonds is 15. The van der Waals surface area contributed by atoms with Crippen LogP contribution in [0.5, 0.6) is 0 Å². The second-order valence-electron chi connectivity index (χ2n) is 14.2. The molecule has 0 aliphatic heterocycles. The average molecular weight is 577 g/mol. The lowest BCUT2D eigenvalue weighted by molar-refractivity contribution is -0.218. The van der Waals surface area contributed by atoms with Crippen LogP contribution >= 0.6 is 0 Å². The fraction of sp³-hybridized carbons (Fsp3) is 0.886. The lowest BCUT2D eigenvalue weighted by atomic mass is 9.43. The monoisotopic (exact) mass is 576 g/mol. The standard InChI is InChI=1S/C35H60O6/c1-25(2)9-8-10-26(3)29-11-12-30-28-22-33(41-24-39-20-18-37-7)32-21-27(40-23-38-19-17-36-6)13-15-35(32,5)31(28)14-16-34(29,30)4/h8-10,26-33H,11-24H2,1-7H3/t26-,27-,28+,29-,30+,31+,32+,33+,34-,35-/m1/s1. The first-order valence-electron chi connectivity index (χ1n) is 16.4. The molecule has 4 saturated carbocycles. The van der Waals surface area contributed by atoms with Gasteiger partial charge in [-0.15, -0.1) is 0 Å². The average Bonchev–Trinajstić information content (AvgIpc) is 3.30. The van der Waals surface area contributed by atoms with Crippen molar-refractivity contribution in [2.45, 2.75) is 98.2 Å². The maximum absolute atomic E-state index is 6.65. The van der Waals surface area contributed by atoms with Crippen LogP contribution in [0.25, 0.3) is 0 Å². The van der Waals surface area contributed by atoms with E-state index < -0.39 is 0 Å². The Morgan fingerprint density at radius 2 is 1.44 bits per heavy atom. The third-order valence-electron chi connectivity index (χ3n) is 11.8. The summed E-state index contributed by atoms with van der Waals surface area (Å²) in [5.41, 5.74) is 2.06. The van der Waals surface area contributed by atoms with E-state index in [2.05, 4.69) is 52.8 Å². The molecule has 0 heterocycles. The van der Waals surface area contributed by atoms with E-state index in [4.69, 9.17) is 28.4 Å². The van der Waals surface area contributed by atoms with Gasteiger partial charge in [0.05, 0.1) is 38.6 Å². The third-order valence-corrected chi connectivity index (χ3v) is 11.8. The van der Waals surface area contributed by atoms with Crippen molar-refractivity contribution in [1.29, 1.82) is 0 Å². The molecule has 0 unspecified atom stereocenters. The lowest BCUT2D eigenvalue weighted by Gasteiger charge is -2.63. The van der Waals surface area contributed by atoms with Crippen molar-refractivity contribution in [3.8, 4) is 0 Å². The molecular formula is C35H60O6. The smallest absolute Gasteiger partial charge is 0.147 e. The summed E-state index contributed by atoms with van der Waals surface area (Å²) in [6.07, 6.45) is 17.4. The molecule has 0 saturated heterocycles. The lowest BCUT2D eigenvalue weighted by Crippen LogP contribution is -2.59. The zero-order valence-corrected chi connectivity index (χ0v) is 27.2. The van der Waals surface area contributed by atoms with Crippen molar-refractivity contribution in [2.24, 2.45) is 46.3 Å². The summed E-state index contributed by atoms with van der Waals surface area (Å²) in [5, 5.41) is 0. The van der Waals surface area contributed by atoms with Gasteiger partial charge in [0.25, 0.3) is 0 Å². The number of hydrogen-bond acceptors (Lipinski definition) is 6. The van der Waals surface area contributed by atoms with E-state index in [1.54, 1.807) is 14.2 Å². The quantitative estimate of drug-likeness (QED) is 0.115. The molecular weight excluding hydrogens is 516 g/mol. The molecule has 41 heavy (non-hydrogen) atoms. The topological polar surface area (TPSA) is 55.4 Å². The normalized spacial score (nSPS) is 39.2. The molecule has 0 aromatic rings. The van der Waals surface area contributed by atoms with Gasteiger partial charge >= 0.3 is 0 Å². The molecule has 4 fully saturated rings. The molecule has 6 nitrogen and oxygen atoms in total. The Hall–Kier alpha value is -0.760. The summed E-state index contributed by atoms with van der Waals surface area (Å²) in [6, 6.07) is 0. The second kappa shape index (κ2) is 15.3. The van der Waals surface area contributed by atoms with E-state index in [-0.39, 0.29) is 17.6 Å². The zero-order valence-electron chi connectivity index (χ0n) is 27.2. The summed E-state index contributed by atoms with van der Waals surface area (Å²) >= 11 is 0. The molecule has 0 spiro atoms. The maximum Gasteiger partial charge on any atom is 0.147 e. The minimum atomic E-state index is 0.209. The highest BCUT2D eigenvalue weighted by molar-refractivity contribution is 5.14. The highest BCUT2D eigenvalue weighted by Gasteiger charge is 2.62. The van der Waals surface area contributed by atoms with E-state index in [0.29, 0.717) is 57.3 Å². The highest BCUT2D eigenvalue weighted by atomic mass is 16.7. The Morgan fingerprint density at radius 1 is 0.780 bits per heavy atom. The van der Waals surface area contributed by atoms with E-state index >= 15 is 0 Å². The Balaban J connectivity index is 1.48. The van der Waals surface area contributed by atoms with Crippen molar-refractivity contribution in [3.63, 3.8) is 0 Å². The number of methoxy groups -OCH3 is 2. The van der Waals surface area contributed by atoms with Crippen molar-refractivity contribution in [3.05, 3.63) is 23.8 Å². The first kappa shape index (κ1) is 33.1. The van der Waals surface area contributed by atoms with Crippen LogP contribution in [0.4, 0.5) is 0 Å². The predicted octanol–water partition coefficient (Wildman–Crippen LogP) is 7.43. The number of fused-ring (bicyclic) bond motifs is 5. The van der Waals surface area contributed by atoms with Crippen LogP contribution < -0.4 is 0 Å². The maximum atomic E-state index is 6.65. The Bertz CT molecular complexity index is 854. The van der Waals surface area contributed by atoms with Crippen LogP contribution in [0.15, 0.2) is 23.8 Å². The van der Waals surface area contributed by atoms with Gasteiger partial charge < -0.3 is 28.4 Å². The molecule has 0 amide bonds. The highest BCUT2D eigenvalue weighted by Crippen LogP contribution is 2.68. The van der Waals surface area contributed by atoms with Crippen LogP contribution in [0.1, 0.15) is 86.0 Å². The van der Waals surface area contributed by atoms with Gasteiger partial charge in [0, 0.05) is 14.2 Å². The van der Waals surface area contributed by atoms with Crippen LogP contribution in [-0.2, 0) is 28.4 Å². The van der Waals surface area contributed by atoms with Gasteiger partial charge in [-0.05, 0) is 112 Å². The molecule has 4 aliphatic carbocycles. The minimum absolute atomic E-state index is 0.209. The van der Waals surface area contributed by atoms with E-state index in [1.807, 2.05) is 0 Å². The molecule has 10 atom stereocenters. The van der Waals surface area contributed by atoms with Crippen molar-refractivity contribution >= 4 is 0 Å². The Labute approximate surface area is 250 Å². The van der Waals surface area contributed by atoms with Crippen molar-refractivity contribution in [1.82, 2.24) is 0 Å². The SMILES string of the molecule is COCCOCO[C@@H]1CC[C@]2(C)[C@H]3CC[C@]4(C)[C@@H]([C@H](C)C=CC=C(C)C)CC[C@H]4[C@@H]3C[C@H](OCOCCOC)[C@@H]2C1. The molecule has 236 valence electrons. The van der Waals surface area contributed by atoms with Crippen LogP contribution in [-0.4, -0.2) is 66.4 Å². The van der Waals surface area contributed by atoms with E-state index in [0.717, 1.165) is 42.9 Å². The van der Waals surface area contributed by atoms with Gasteiger partial charge in [0.15, 0.2) is 0 Å². The van der Waals surface area contributed by atoms with Gasteiger partial charge in [0.1, 0.15) is 13.6 Å². The van der Waals surface area contributed by atoms with Gasteiger partial charge in [-0.3, -0.25) is 0 Å². The Morgan fingerprint density at radius 3 is 2.12 bits per heavy atom. The molecule has 0 bridgehead atoms. The van der Waals surface area contributed by atoms with Gasteiger partial charge in [-0.2, -0.15) is 0 Å².